The van der Waals surface area contributed by atoms with Crippen LogP contribution in [0, 0.1) is 0 Å². The Morgan fingerprint density at radius 2 is 1.88 bits per heavy atom. The number of nitrogens with zero attached hydrogens (tertiary/aromatic N) is 1. The summed E-state index contributed by atoms with van der Waals surface area (Å²) >= 11 is 0. The van der Waals surface area contributed by atoms with Gasteiger partial charge in [0.2, 0.25) is 17.7 Å². The zero-order chi connectivity index (χ0) is 18.2. The van der Waals surface area contributed by atoms with Gasteiger partial charge in [-0.3, -0.25) is 19.2 Å². The maximum absolute atomic E-state index is 12.6. The van der Waals surface area contributed by atoms with Gasteiger partial charge in [-0.2, -0.15) is 0 Å². The number of esters is 1. The summed E-state index contributed by atoms with van der Waals surface area (Å²) in [6.45, 7) is 4.06. The van der Waals surface area contributed by atoms with E-state index in [4.69, 9.17) is 4.74 Å². The molecule has 2 unspecified atom stereocenters. The first kappa shape index (κ1) is 19.2. The van der Waals surface area contributed by atoms with E-state index >= 15 is 0 Å². The van der Waals surface area contributed by atoms with Crippen LogP contribution in [0.15, 0.2) is 0 Å². The van der Waals surface area contributed by atoms with Crippen molar-refractivity contribution in [1.29, 1.82) is 0 Å². The summed E-state index contributed by atoms with van der Waals surface area (Å²) in [5, 5.41) is 8.35. The number of hydrogen-bond acceptors (Lipinski definition) is 6. The van der Waals surface area contributed by atoms with Crippen molar-refractivity contribution < 1.29 is 23.9 Å². The van der Waals surface area contributed by atoms with Crippen LogP contribution in [0.3, 0.4) is 0 Å². The predicted molar refractivity (Wildman–Crippen MR) is 88.4 cm³/mol. The molecular weight excluding hydrogens is 328 g/mol. The molecule has 2 aliphatic rings. The summed E-state index contributed by atoms with van der Waals surface area (Å²) in [6.07, 6.45) is 1.44. The molecule has 9 heteroatoms. The number of carbonyl (C=O) groups is 4. The molecule has 25 heavy (non-hydrogen) atoms. The van der Waals surface area contributed by atoms with E-state index in [1.165, 1.54) is 4.90 Å². The normalized spacial score (nSPS) is 23.6. The highest BCUT2D eigenvalue weighted by Gasteiger charge is 2.36. The van der Waals surface area contributed by atoms with Crippen LogP contribution in [-0.2, 0) is 23.9 Å². The Bertz CT molecular complexity index is 525. The summed E-state index contributed by atoms with van der Waals surface area (Å²) in [6, 6.07) is -1.49. The van der Waals surface area contributed by atoms with Gasteiger partial charge in [0.25, 0.3) is 0 Å². The van der Waals surface area contributed by atoms with Gasteiger partial charge in [0.15, 0.2) is 0 Å². The average molecular weight is 354 g/mol. The van der Waals surface area contributed by atoms with Gasteiger partial charge in [0.1, 0.15) is 6.04 Å². The van der Waals surface area contributed by atoms with Gasteiger partial charge in [-0.25, -0.2) is 0 Å². The monoisotopic (exact) mass is 354 g/mol. The fourth-order valence-corrected chi connectivity index (χ4v) is 2.87. The van der Waals surface area contributed by atoms with Crippen molar-refractivity contribution in [2.75, 3.05) is 32.8 Å². The van der Waals surface area contributed by atoms with Gasteiger partial charge in [0.05, 0.1) is 25.5 Å². The molecule has 3 N–H and O–H groups in total. The second-order valence-corrected chi connectivity index (χ2v) is 6.17. The smallest absolute Gasteiger partial charge is 0.308 e. The summed E-state index contributed by atoms with van der Waals surface area (Å²) in [5.41, 5.74) is 0. The van der Waals surface area contributed by atoms with E-state index in [0.29, 0.717) is 32.8 Å². The van der Waals surface area contributed by atoms with E-state index in [1.54, 1.807) is 0 Å². The average Bonchev–Trinajstić information content (AvgIpc) is 2.59. The molecular formula is C16H26N4O5. The molecule has 0 aromatic carbocycles. The molecule has 0 aromatic heterocycles. The lowest BCUT2D eigenvalue weighted by Gasteiger charge is -2.35. The molecule has 2 saturated heterocycles. The Morgan fingerprint density at radius 3 is 2.60 bits per heavy atom. The number of unbranched alkanes of at least 4 members (excludes halogenated alkanes) is 1. The number of ether oxygens (including phenoxy) is 1. The predicted octanol–water partition coefficient (Wildman–Crippen LogP) is -1.48. The Balaban J connectivity index is 1.95. The first-order valence-corrected chi connectivity index (χ1v) is 8.76. The van der Waals surface area contributed by atoms with E-state index in [-0.39, 0.29) is 30.6 Å². The minimum Gasteiger partial charge on any atom is -0.466 e. The topological polar surface area (TPSA) is 117 Å². The van der Waals surface area contributed by atoms with E-state index < -0.39 is 18.1 Å². The molecule has 140 valence electrons. The van der Waals surface area contributed by atoms with Gasteiger partial charge < -0.3 is 25.6 Å². The number of carbonyl (C=O) groups excluding carboxylic acids is 4. The maximum Gasteiger partial charge on any atom is 0.308 e. The third-order valence-corrected chi connectivity index (χ3v) is 4.28. The zero-order valence-electron chi connectivity index (χ0n) is 14.5. The van der Waals surface area contributed by atoms with Crippen LogP contribution in [0.5, 0.6) is 0 Å². The second-order valence-electron chi connectivity index (χ2n) is 6.17. The van der Waals surface area contributed by atoms with Gasteiger partial charge in [-0.15, -0.1) is 0 Å². The van der Waals surface area contributed by atoms with Crippen molar-refractivity contribution in [2.45, 2.75) is 44.7 Å². The summed E-state index contributed by atoms with van der Waals surface area (Å²) in [7, 11) is 0. The Labute approximate surface area is 146 Å². The lowest BCUT2D eigenvalue weighted by atomic mass is 10.1. The quantitative estimate of drug-likeness (QED) is 0.379. The van der Waals surface area contributed by atoms with Gasteiger partial charge in [-0.05, 0) is 6.42 Å². The molecule has 2 atom stereocenters. The molecule has 2 fully saturated rings. The Hall–Kier alpha value is -2.16. The number of nitrogens with one attached hydrogen (secondary N) is 3. The van der Waals surface area contributed by atoms with Gasteiger partial charge in [0, 0.05) is 26.2 Å². The lowest BCUT2D eigenvalue weighted by molar-refractivity contribution is -0.152. The molecule has 0 radical (unpaired) electrons. The maximum atomic E-state index is 12.6. The second kappa shape index (κ2) is 9.36. The van der Waals surface area contributed by atoms with Crippen molar-refractivity contribution >= 4 is 23.7 Å². The number of hydrogen-bond donors (Lipinski definition) is 3. The highest BCUT2D eigenvalue weighted by atomic mass is 16.5. The molecule has 0 aliphatic carbocycles. The number of amides is 3. The Kier molecular flexibility index (Phi) is 7.17. The highest BCUT2D eigenvalue weighted by Crippen LogP contribution is 2.13. The van der Waals surface area contributed by atoms with Gasteiger partial charge in [-0.1, -0.05) is 13.3 Å². The zero-order valence-corrected chi connectivity index (χ0v) is 14.5. The highest BCUT2D eigenvalue weighted by molar-refractivity contribution is 5.94. The van der Waals surface area contributed by atoms with Crippen molar-refractivity contribution in [3.63, 3.8) is 0 Å². The first-order chi connectivity index (χ1) is 12.0. The third-order valence-electron chi connectivity index (χ3n) is 4.28. The minimum atomic E-state index is -0.887. The molecule has 0 aromatic rings. The van der Waals surface area contributed by atoms with E-state index in [2.05, 4.69) is 16.0 Å². The van der Waals surface area contributed by atoms with Crippen molar-refractivity contribution in [3.05, 3.63) is 0 Å². The fourth-order valence-electron chi connectivity index (χ4n) is 2.87. The summed E-state index contributed by atoms with van der Waals surface area (Å²) in [5.74, 6) is -1.41. The van der Waals surface area contributed by atoms with E-state index in [0.717, 1.165) is 12.8 Å². The van der Waals surface area contributed by atoms with Crippen LogP contribution in [0.25, 0.3) is 0 Å². The van der Waals surface area contributed by atoms with Crippen LogP contribution in [0.1, 0.15) is 32.6 Å². The van der Waals surface area contributed by atoms with Crippen LogP contribution in [0.4, 0.5) is 0 Å². The molecule has 3 amide bonds. The van der Waals surface area contributed by atoms with Crippen LogP contribution < -0.4 is 16.0 Å². The number of piperazine rings is 2. The van der Waals surface area contributed by atoms with Crippen LogP contribution in [0.2, 0.25) is 0 Å². The van der Waals surface area contributed by atoms with Crippen LogP contribution >= 0.6 is 0 Å². The molecule has 9 nitrogen and oxygen atoms in total. The van der Waals surface area contributed by atoms with Crippen LogP contribution in [-0.4, -0.2) is 73.5 Å². The van der Waals surface area contributed by atoms with Gasteiger partial charge >= 0.3 is 5.97 Å². The lowest BCUT2D eigenvalue weighted by Crippen LogP contribution is -2.60. The molecule has 0 saturated carbocycles. The van der Waals surface area contributed by atoms with E-state index in [1.807, 2.05) is 6.92 Å². The molecule has 0 spiro atoms. The fraction of sp³-hybridized carbons (Fsp3) is 0.750. The third kappa shape index (κ3) is 5.42. The minimum absolute atomic E-state index is 0.0412. The number of rotatable bonds is 7. The van der Waals surface area contributed by atoms with Crippen molar-refractivity contribution in [3.8, 4) is 0 Å². The Morgan fingerprint density at radius 1 is 1.12 bits per heavy atom. The molecule has 2 heterocycles. The largest absolute Gasteiger partial charge is 0.466 e. The van der Waals surface area contributed by atoms with Crippen molar-refractivity contribution in [2.24, 2.45) is 0 Å². The SMILES string of the molecule is CCCCOC(=O)CC1C(=O)NCCN1C(=O)CC1NCCNC1=O. The van der Waals surface area contributed by atoms with E-state index in [9.17, 15) is 19.2 Å². The molecule has 0 bridgehead atoms. The summed E-state index contributed by atoms with van der Waals surface area (Å²) < 4.78 is 5.10. The molecule has 2 rings (SSSR count). The first-order valence-electron chi connectivity index (χ1n) is 8.76. The standard InChI is InChI=1S/C16H26N4O5/c1-2-3-8-25-14(22)10-12-16(24)19-6-7-20(12)13(21)9-11-15(23)18-5-4-17-11/h11-12,17H,2-10H2,1H3,(H,18,23)(H,19,24). The molecule has 2 aliphatic heterocycles. The summed E-state index contributed by atoms with van der Waals surface area (Å²) in [4.78, 5) is 49.8. The van der Waals surface area contributed by atoms with Crippen molar-refractivity contribution in [1.82, 2.24) is 20.9 Å².